The molecular formula is C25H19F6O3PS. The molecule has 0 saturated heterocycles. The minimum absolute atomic E-state index is 0.143. The van der Waals surface area contributed by atoms with Crippen molar-refractivity contribution in [2.45, 2.75) is 19.3 Å². The number of allylic oxidation sites excluding steroid dienone is 4. The number of thiophene rings is 1. The molecule has 0 bridgehead atoms. The van der Waals surface area contributed by atoms with Gasteiger partial charge in [-0.15, -0.1) is 11.3 Å². The van der Waals surface area contributed by atoms with Crippen LogP contribution in [-0.4, -0.2) is 12.6 Å². The molecule has 190 valence electrons. The standard InChI is InChI=1S/C25H19F6O3PS/c1-14(27)23(22(30)21(29)18(28)13-26)33-24(32)20-12-15-11-16(9-10-19(15)36-20)25(2,31)35(3)34-17-7-5-4-6-8-17/h4-13H,1-3H3/b18-13-,22-21-,23-14-. The monoisotopic (exact) mass is 544 g/mol. The van der Waals surface area contributed by atoms with Crippen molar-refractivity contribution in [1.29, 1.82) is 0 Å². The molecule has 2 unspecified atom stereocenters. The fourth-order valence-electron chi connectivity index (χ4n) is 3.00. The quantitative estimate of drug-likeness (QED) is 0.0932. The van der Waals surface area contributed by atoms with Gasteiger partial charge in [-0.2, -0.15) is 4.39 Å². The van der Waals surface area contributed by atoms with Crippen molar-refractivity contribution in [1.82, 2.24) is 0 Å². The first-order chi connectivity index (χ1) is 16.9. The molecule has 0 spiro atoms. The molecule has 0 saturated carbocycles. The van der Waals surface area contributed by atoms with E-state index >= 15 is 4.39 Å². The van der Waals surface area contributed by atoms with E-state index in [0.717, 1.165) is 11.3 Å². The number of hydrogen-bond donors (Lipinski definition) is 0. The largest absolute Gasteiger partial charge is 0.471 e. The van der Waals surface area contributed by atoms with Crippen LogP contribution in [0.4, 0.5) is 26.3 Å². The third-order valence-electron chi connectivity index (χ3n) is 5.03. The summed E-state index contributed by atoms with van der Waals surface area (Å²) in [4.78, 5) is 12.3. The van der Waals surface area contributed by atoms with Gasteiger partial charge in [0.25, 0.3) is 0 Å². The van der Waals surface area contributed by atoms with Crippen LogP contribution in [0.5, 0.6) is 5.75 Å². The van der Waals surface area contributed by atoms with Crippen LogP contribution in [0.3, 0.4) is 0 Å². The zero-order valence-electron chi connectivity index (χ0n) is 19.1. The highest BCUT2D eigenvalue weighted by atomic mass is 32.1. The number of para-hydroxylation sites is 1. The van der Waals surface area contributed by atoms with Crippen LogP contribution in [-0.2, 0) is 10.1 Å². The van der Waals surface area contributed by atoms with Crippen molar-refractivity contribution in [3.8, 4) is 5.75 Å². The zero-order valence-corrected chi connectivity index (χ0v) is 20.8. The second kappa shape index (κ2) is 11.3. The van der Waals surface area contributed by atoms with Crippen LogP contribution < -0.4 is 4.52 Å². The summed E-state index contributed by atoms with van der Waals surface area (Å²) in [5.74, 6) is -10.6. The number of rotatable bonds is 8. The second-order valence-corrected chi connectivity index (χ2v) is 10.7. The SMILES string of the molecule is C\C(F)=C(OC(=O)c1cc2cc(C(C)(F)P(C)Oc3ccccc3)ccc2s1)/C(F)=C(F)\C(F)=C\F. The number of hydrogen-bond acceptors (Lipinski definition) is 4. The molecule has 36 heavy (non-hydrogen) atoms. The molecule has 0 N–H and O–H groups in total. The normalized spacial score (nSPS) is 16.1. The van der Waals surface area contributed by atoms with E-state index in [1.807, 2.05) is 0 Å². The highest BCUT2D eigenvalue weighted by molar-refractivity contribution is 7.53. The Morgan fingerprint density at radius 1 is 1.03 bits per heavy atom. The predicted octanol–water partition coefficient (Wildman–Crippen LogP) is 9.44. The van der Waals surface area contributed by atoms with Crippen LogP contribution in [0.1, 0.15) is 29.1 Å². The maximum atomic E-state index is 15.7. The second-order valence-electron chi connectivity index (χ2n) is 7.56. The fraction of sp³-hybridized carbons (Fsp3) is 0.160. The first kappa shape index (κ1) is 27.5. The third-order valence-corrected chi connectivity index (χ3v) is 8.05. The Kier molecular flexibility index (Phi) is 8.63. The molecule has 0 aliphatic rings. The number of carbonyl (C=O) groups is 1. The molecule has 0 amide bonds. The summed E-state index contributed by atoms with van der Waals surface area (Å²) in [7, 11) is -1.62. The molecule has 0 radical (unpaired) electrons. The predicted molar refractivity (Wildman–Crippen MR) is 129 cm³/mol. The first-order valence-corrected chi connectivity index (χ1v) is 12.8. The summed E-state index contributed by atoms with van der Waals surface area (Å²) < 4.78 is 93.2. The van der Waals surface area contributed by atoms with Gasteiger partial charge < -0.3 is 9.26 Å². The van der Waals surface area contributed by atoms with Crippen molar-refractivity contribution in [2.75, 3.05) is 6.66 Å². The number of esters is 1. The summed E-state index contributed by atoms with van der Waals surface area (Å²) in [6.07, 6.45) is -0.864. The van der Waals surface area contributed by atoms with E-state index < -0.39 is 54.9 Å². The topological polar surface area (TPSA) is 35.5 Å². The van der Waals surface area contributed by atoms with Gasteiger partial charge in [0.05, 0.1) is 0 Å². The average molecular weight is 544 g/mol. The molecule has 3 aromatic rings. The number of halogens is 6. The Balaban J connectivity index is 1.87. The molecule has 2 atom stereocenters. The van der Waals surface area contributed by atoms with Crippen LogP contribution in [0, 0.1) is 0 Å². The minimum atomic E-state index is -2.37. The van der Waals surface area contributed by atoms with E-state index in [1.165, 1.54) is 25.1 Å². The molecule has 3 nitrogen and oxygen atoms in total. The fourth-order valence-corrected chi connectivity index (χ4v) is 5.03. The molecular weight excluding hydrogens is 525 g/mol. The number of carbonyl (C=O) groups excluding carboxylic acids is 1. The number of fused-ring (bicyclic) bond motifs is 1. The lowest BCUT2D eigenvalue weighted by molar-refractivity contribution is 0.0616. The summed E-state index contributed by atoms with van der Waals surface area (Å²) in [5, 5.41) is -1.43. The smallest absolute Gasteiger partial charge is 0.353 e. The maximum absolute atomic E-state index is 15.7. The van der Waals surface area contributed by atoms with Gasteiger partial charge in [0.2, 0.25) is 17.4 Å². The molecule has 1 heterocycles. The number of alkyl halides is 1. The molecule has 0 aliphatic carbocycles. The van der Waals surface area contributed by atoms with Crippen LogP contribution >= 0.6 is 19.5 Å². The van der Waals surface area contributed by atoms with Gasteiger partial charge in [0.15, 0.2) is 11.2 Å². The highest BCUT2D eigenvalue weighted by Gasteiger charge is 2.36. The lowest BCUT2D eigenvalue weighted by Crippen LogP contribution is -2.15. The van der Waals surface area contributed by atoms with Gasteiger partial charge in [-0.1, -0.05) is 24.3 Å². The first-order valence-electron chi connectivity index (χ1n) is 10.3. The van der Waals surface area contributed by atoms with Crippen LogP contribution in [0.2, 0.25) is 0 Å². The summed E-state index contributed by atoms with van der Waals surface area (Å²) in [6, 6.07) is 14.7. The molecule has 0 aliphatic heterocycles. The van der Waals surface area contributed by atoms with Gasteiger partial charge in [-0.25, -0.2) is 26.7 Å². The van der Waals surface area contributed by atoms with Crippen molar-refractivity contribution in [2.24, 2.45) is 0 Å². The van der Waals surface area contributed by atoms with E-state index in [1.54, 1.807) is 43.1 Å². The maximum Gasteiger partial charge on any atom is 0.353 e. The van der Waals surface area contributed by atoms with Crippen molar-refractivity contribution < 1.29 is 40.4 Å². The summed E-state index contributed by atoms with van der Waals surface area (Å²) in [5.41, 5.74) is 0.280. The van der Waals surface area contributed by atoms with E-state index in [2.05, 4.69) is 4.74 Å². The van der Waals surface area contributed by atoms with Gasteiger partial charge >= 0.3 is 5.97 Å². The van der Waals surface area contributed by atoms with Crippen molar-refractivity contribution >= 4 is 35.5 Å². The van der Waals surface area contributed by atoms with E-state index in [-0.39, 0.29) is 10.4 Å². The summed E-state index contributed by atoms with van der Waals surface area (Å²) in [6.45, 7) is 3.66. The minimum Gasteiger partial charge on any atom is -0.471 e. The molecule has 0 fully saturated rings. The van der Waals surface area contributed by atoms with E-state index in [9.17, 15) is 26.7 Å². The van der Waals surface area contributed by atoms with E-state index in [0.29, 0.717) is 22.8 Å². The molecule has 2 aromatic carbocycles. The van der Waals surface area contributed by atoms with E-state index in [4.69, 9.17) is 4.52 Å². The lowest BCUT2D eigenvalue weighted by atomic mass is 10.1. The highest BCUT2D eigenvalue weighted by Crippen LogP contribution is 2.55. The molecule has 11 heteroatoms. The van der Waals surface area contributed by atoms with Crippen molar-refractivity contribution in [3.63, 3.8) is 0 Å². The Hall–Kier alpha value is -3.10. The van der Waals surface area contributed by atoms with Crippen LogP contribution in [0.15, 0.2) is 90.0 Å². The molecule has 1 aromatic heterocycles. The number of ether oxygens (including phenoxy) is 1. The van der Waals surface area contributed by atoms with Crippen molar-refractivity contribution in [3.05, 3.63) is 100 Å². The Morgan fingerprint density at radius 2 is 1.69 bits per heavy atom. The van der Waals surface area contributed by atoms with Gasteiger partial charge in [0, 0.05) is 4.70 Å². The Labute approximate surface area is 208 Å². The van der Waals surface area contributed by atoms with Crippen LogP contribution in [0.25, 0.3) is 10.1 Å². The average Bonchev–Trinajstić information content (AvgIpc) is 3.30. The lowest BCUT2D eigenvalue weighted by Gasteiger charge is -2.28. The Morgan fingerprint density at radius 3 is 2.31 bits per heavy atom. The summed E-state index contributed by atoms with van der Waals surface area (Å²) >= 11 is 0.875. The van der Waals surface area contributed by atoms with Gasteiger partial charge in [-0.3, -0.25) is 0 Å². The van der Waals surface area contributed by atoms with Gasteiger partial charge in [-0.05, 0) is 61.8 Å². The third kappa shape index (κ3) is 5.99. The van der Waals surface area contributed by atoms with Gasteiger partial charge in [0.1, 0.15) is 30.9 Å². The Bertz CT molecular complexity index is 1360. The molecule has 3 rings (SSSR count). The zero-order chi connectivity index (χ0) is 26.6. The number of benzene rings is 2.